The average molecular weight is 254 g/mol. The van der Waals surface area contributed by atoms with Crippen LogP contribution in [-0.4, -0.2) is 56.2 Å². The SMILES string of the molecule is C#CCOCCOCCN1CC(C(N)=O)CC1=O. The first-order valence-corrected chi connectivity index (χ1v) is 5.81. The van der Waals surface area contributed by atoms with E-state index in [0.29, 0.717) is 32.9 Å². The summed E-state index contributed by atoms with van der Waals surface area (Å²) in [4.78, 5) is 24.1. The first-order chi connectivity index (χ1) is 8.65. The van der Waals surface area contributed by atoms with Crippen molar-refractivity contribution in [2.75, 3.05) is 39.5 Å². The van der Waals surface area contributed by atoms with E-state index in [0.717, 1.165) is 0 Å². The van der Waals surface area contributed by atoms with Crippen LogP contribution in [0.25, 0.3) is 0 Å². The van der Waals surface area contributed by atoms with Gasteiger partial charge in [0.05, 0.1) is 25.7 Å². The molecule has 0 radical (unpaired) electrons. The first-order valence-electron chi connectivity index (χ1n) is 5.81. The molecular formula is C12H18N2O4. The molecule has 1 atom stereocenters. The fraction of sp³-hybridized carbons (Fsp3) is 0.667. The molecule has 0 aliphatic carbocycles. The van der Waals surface area contributed by atoms with Crippen LogP contribution in [0.3, 0.4) is 0 Å². The molecule has 2 N–H and O–H groups in total. The van der Waals surface area contributed by atoms with Crippen LogP contribution in [0.1, 0.15) is 6.42 Å². The number of amides is 2. The summed E-state index contributed by atoms with van der Waals surface area (Å²) in [7, 11) is 0. The van der Waals surface area contributed by atoms with Gasteiger partial charge in [-0.15, -0.1) is 6.42 Å². The van der Waals surface area contributed by atoms with Crippen LogP contribution in [0.5, 0.6) is 0 Å². The van der Waals surface area contributed by atoms with Crippen LogP contribution >= 0.6 is 0 Å². The van der Waals surface area contributed by atoms with Crippen molar-refractivity contribution in [1.82, 2.24) is 4.90 Å². The molecule has 1 rings (SSSR count). The molecule has 2 amide bonds. The van der Waals surface area contributed by atoms with E-state index >= 15 is 0 Å². The summed E-state index contributed by atoms with van der Waals surface area (Å²) in [6, 6.07) is 0. The molecule has 0 saturated carbocycles. The van der Waals surface area contributed by atoms with E-state index in [1.807, 2.05) is 0 Å². The van der Waals surface area contributed by atoms with Crippen molar-refractivity contribution in [2.45, 2.75) is 6.42 Å². The van der Waals surface area contributed by atoms with E-state index in [1.165, 1.54) is 0 Å². The van der Waals surface area contributed by atoms with Crippen LogP contribution in [0, 0.1) is 18.3 Å². The predicted molar refractivity (Wildman–Crippen MR) is 64.4 cm³/mol. The monoisotopic (exact) mass is 254 g/mol. The van der Waals surface area contributed by atoms with Gasteiger partial charge in [-0.25, -0.2) is 0 Å². The van der Waals surface area contributed by atoms with Gasteiger partial charge in [0, 0.05) is 19.5 Å². The van der Waals surface area contributed by atoms with Crippen molar-refractivity contribution < 1.29 is 19.1 Å². The van der Waals surface area contributed by atoms with E-state index in [9.17, 15) is 9.59 Å². The van der Waals surface area contributed by atoms with Crippen LogP contribution < -0.4 is 5.73 Å². The first kappa shape index (κ1) is 14.5. The van der Waals surface area contributed by atoms with Gasteiger partial charge in [0.25, 0.3) is 0 Å². The minimum Gasteiger partial charge on any atom is -0.377 e. The van der Waals surface area contributed by atoms with Gasteiger partial charge in [-0.1, -0.05) is 5.92 Å². The maximum absolute atomic E-state index is 11.5. The average Bonchev–Trinajstić information content (AvgIpc) is 2.70. The Morgan fingerprint density at radius 3 is 2.78 bits per heavy atom. The van der Waals surface area contributed by atoms with Gasteiger partial charge in [-0.2, -0.15) is 0 Å². The number of ether oxygens (including phenoxy) is 2. The number of hydrogen-bond donors (Lipinski definition) is 1. The Bertz CT molecular complexity index is 337. The Kier molecular flexibility index (Phi) is 6.19. The second-order valence-corrected chi connectivity index (χ2v) is 4.01. The lowest BCUT2D eigenvalue weighted by molar-refractivity contribution is -0.129. The summed E-state index contributed by atoms with van der Waals surface area (Å²) < 4.78 is 10.3. The molecule has 0 spiro atoms. The number of nitrogens with zero attached hydrogens (tertiary/aromatic N) is 1. The molecule has 1 unspecified atom stereocenters. The number of likely N-dealkylation sites (tertiary alicyclic amines) is 1. The van der Waals surface area contributed by atoms with Crippen LogP contribution in [0.4, 0.5) is 0 Å². The lowest BCUT2D eigenvalue weighted by atomic mass is 10.1. The van der Waals surface area contributed by atoms with Gasteiger partial charge in [-0.05, 0) is 0 Å². The molecular weight excluding hydrogens is 236 g/mol. The third-order valence-corrected chi connectivity index (χ3v) is 2.68. The molecule has 6 heteroatoms. The second-order valence-electron chi connectivity index (χ2n) is 4.01. The second kappa shape index (κ2) is 7.69. The summed E-state index contributed by atoms with van der Waals surface area (Å²) in [5, 5.41) is 0. The highest BCUT2D eigenvalue weighted by molar-refractivity contribution is 5.88. The number of primary amides is 1. The fourth-order valence-corrected chi connectivity index (χ4v) is 1.70. The zero-order valence-electron chi connectivity index (χ0n) is 10.3. The third kappa shape index (κ3) is 4.73. The van der Waals surface area contributed by atoms with Gasteiger partial charge in [-0.3, -0.25) is 9.59 Å². The standard InChI is InChI=1S/C12H18N2O4/c1-2-4-17-6-7-18-5-3-14-9-10(12(13)16)8-11(14)15/h1,10H,3-9H2,(H2,13,16). The van der Waals surface area contributed by atoms with E-state index in [-0.39, 0.29) is 24.9 Å². The molecule has 0 aromatic rings. The minimum absolute atomic E-state index is 0.0500. The van der Waals surface area contributed by atoms with Crippen molar-refractivity contribution in [3.8, 4) is 12.3 Å². The predicted octanol–water partition coefficient (Wildman–Crippen LogP) is -1.01. The Morgan fingerprint density at radius 1 is 1.44 bits per heavy atom. The summed E-state index contributed by atoms with van der Waals surface area (Å²) in [6.45, 7) is 2.42. The van der Waals surface area contributed by atoms with Crippen LogP contribution in [-0.2, 0) is 19.1 Å². The van der Waals surface area contributed by atoms with Gasteiger partial charge in [0.1, 0.15) is 6.61 Å². The lowest BCUT2D eigenvalue weighted by Crippen LogP contribution is -2.31. The van der Waals surface area contributed by atoms with Crippen molar-refractivity contribution in [2.24, 2.45) is 11.7 Å². The van der Waals surface area contributed by atoms with Gasteiger partial charge in [0.2, 0.25) is 11.8 Å². The van der Waals surface area contributed by atoms with Crippen molar-refractivity contribution in [3.05, 3.63) is 0 Å². The molecule has 0 aromatic carbocycles. The van der Waals surface area contributed by atoms with Crippen molar-refractivity contribution in [3.63, 3.8) is 0 Å². The molecule has 18 heavy (non-hydrogen) atoms. The Morgan fingerprint density at radius 2 is 2.17 bits per heavy atom. The molecule has 1 fully saturated rings. The fourth-order valence-electron chi connectivity index (χ4n) is 1.70. The van der Waals surface area contributed by atoms with E-state index in [4.69, 9.17) is 21.6 Å². The molecule has 0 bridgehead atoms. The smallest absolute Gasteiger partial charge is 0.223 e. The maximum atomic E-state index is 11.5. The number of carbonyl (C=O) groups is 2. The minimum atomic E-state index is -0.422. The molecule has 6 nitrogen and oxygen atoms in total. The van der Waals surface area contributed by atoms with Crippen molar-refractivity contribution >= 4 is 11.8 Å². The summed E-state index contributed by atoms with van der Waals surface area (Å²) in [6.07, 6.45) is 5.22. The molecule has 1 aliphatic heterocycles. The topological polar surface area (TPSA) is 81.9 Å². The van der Waals surface area contributed by atoms with E-state index in [1.54, 1.807) is 4.90 Å². The zero-order chi connectivity index (χ0) is 13.4. The molecule has 1 aliphatic rings. The quantitative estimate of drug-likeness (QED) is 0.444. The number of rotatable bonds is 8. The van der Waals surface area contributed by atoms with Gasteiger partial charge < -0.3 is 20.1 Å². The van der Waals surface area contributed by atoms with Crippen LogP contribution in [0.2, 0.25) is 0 Å². The van der Waals surface area contributed by atoms with Gasteiger partial charge in [0.15, 0.2) is 0 Å². The number of terminal acetylenes is 1. The lowest BCUT2D eigenvalue weighted by Gasteiger charge is -2.15. The Hall–Kier alpha value is -1.58. The molecule has 0 aromatic heterocycles. The number of carbonyl (C=O) groups excluding carboxylic acids is 2. The molecule has 100 valence electrons. The summed E-state index contributed by atoms with van der Waals surface area (Å²) >= 11 is 0. The highest BCUT2D eigenvalue weighted by Crippen LogP contribution is 2.16. The normalized spacial score (nSPS) is 18.9. The maximum Gasteiger partial charge on any atom is 0.223 e. The third-order valence-electron chi connectivity index (χ3n) is 2.68. The number of nitrogens with two attached hydrogens (primary N) is 1. The van der Waals surface area contributed by atoms with Gasteiger partial charge >= 0.3 is 0 Å². The van der Waals surface area contributed by atoms with Crippen molar-refractivity contribution in [1.29, 1.82) is 0 Å². The van der Waals surface area contributed by atoms with Crippen LogP contribution in [0.15, 0.2) is 0 Å². The number of hydrogen-bond acceptors (Lipinski definition) is 4. The summed E-state index contributed by atoms with van der Waals surface area (Å²) in [5.74, 6) is 1.51. The van der Waals surface area contributed by atoms with E-state index < -0.39 is 5.91 Å². The summed E-state index contributed by atoms with van der Waals surface area (Å²) in [5.41, 5.74) is 5.16. The molecule has 1 saturated heterocycles. The molecule has 1 heterocycles. The zero-order valence-corrected chi connectivity index (χ0v) is 10.3. The Labute approximate surface area is 106 Å². The van der Waals surface area contributed by atoms with E-state index in [2.05, 4.69) is 5.92 Å². The highest BCUT2D eigenvalue weighted by Gasteiger charge is 2.32. The highest BCUT2D eigenvalue weighted by atomic mass is 16.5. The Balaban J connectivity index is 2.08. The largest absolute Gasteiger partial charge is 0.377 e.